The van der Waals surface area contributed by atoms with E-state index in [1.807, 2.05) is 0 Å². The summed E-state index contributed by atoms with van der Waals surface area (Å²) in [5, 5.41) is 8.45. The first-order valence-electron chi connectivity index (χ1n) is 2.97. The second-order valence-corrected chi connectivity index (χ2v) is 1.89. The van der Waals surface area contributed by atoms with Crippen molar-refractivity contribution in [1.82, 2.24) is 4.98 Å². The van der Waals surface area contributed by atoms with Gasteiger partial charge >= 0.3 is 5.97 Å². The number of carbonyl (C=O) groups is 1. The van der Waals surface area contributed by atoms with E-state index < -0.39 is 5.97 Å². The molecule has 0 fully saturated rings. The van der Waals surface area contributed by atoms with Crippen molar-refractivity contribution < 1.29 is 34.1 Å². The molecule has 0 amide bonds. The first kappa shape index (κ1) is 11.0. The van der Waals surface area contributed by atoms with Gasteiger partial charge in [0.2, 0.25) is 0 Å². The van der Waals surface area contributed by atoms with Crippen molar-refractivity contribution >= 4 is 5.97 Å². The maximum Gasteiger partial charge on any atom is 0.354 e. The summed E-state index contributed by atoms with van der Waals surface area (Å²) in [6.07, 6.45) is 1.36. The predicted molar refractivity (Wildman–Crippen MR) is 37.7 cm³/mol. The van der Waals surface area contributed by atoms with Crippen molar-refractivity contribution in [1.29, 1.82) is 0 Å². The van der Waals surface area contributed by atoms with Gasteiger partial charge in [0.05, 0.1) is 13.3 Å². The minimum atomic E-state index is -1.03. The maximum absolute atomic E-state index is 10.3. The van der Waals surface area contributed by atoms with Gasteiger partial charge in [-0.1, -0.05) is 0 Å². The van der Waals surface area contributed by atoms with Gasteiger partial charge in [-0.3, -0.25) is 0 Å². The Labute approximate surface area is 82.3 Å². The zero-order valence-electron chi connectivity index (χ0n) is 6.65. The molecule has 1 rings (SSSR count). The summed E-state index contributed by atoms with van der Waals surface area (Å²) >= 11 is 0. The first-order chi connectivity index (χ1) is 5.24. The van der Waals surface area contributed by atoms with Crippen molar-refractivity contribution in [2.24, 2.45) is 0 Å². The monoisotopic (exact) mass is 217 g/mol. The van der Waals surface area contributed by atoms with E-state index in [0.717, 1.165) is 0 Å². The standard InChI is InChI=1S/C7H7NO3.Zn/c1-11-5-2-3-6(7(9)10)8-4-5;/h2-4H,1H3,(H,9,10);. The molecule has 0 saturated carbocycles. The van der Waals surface area contributed by atoms with Crippen molar-refractivity contribution in [3.8, 4) is 5.75 Å². The summed E-state index contributed by atoms with van der Waals surface area (Å²) in [5.74, 6) is -0.484. The SMILES string of the molecule is COc1ccc(C(=O)O)nc1.[Zn]. The van der Waals surface area contributed by atoms with E-state index in [-0.39, 0.29) is 25.2 Å². The molecule has 4 nitrogen and oxygen atoms in total. The topological polar surface area (TPSA) is 59.4 Å². The van der Waals surface area contributed by atoms with Crippen LogP contribution in [0.4, 0.5) is 0 Å². The van der Waals surface area contributed by atoms with Crippen LogP contribution in [0.3, 0.4) is 0 Å². The average Bonchev–Trinajstić information content (AvgIpc) is 2.05. The largest absolute Gasteiger partial charge is 0.495 e. The zero-order chi connectivity index (χ0) is 8.27. The number of carboxylic acids is 1. The fourth-order valence-electron chi connectivity index (χ4n) is 0.628. The van der Waals surface area contributed by atoms with Crippen LogP contribution in [0.15, 0.2) is 18.3 Å². The van der Waals surface area contributed by atoms with Gasteiger partial charge in [-0.2, -0.15) is 0 Å². The molecule has 0 aliphatic rings. The predicted octanol–water partition coefficient (Wildman–Crippen LogP) is 0.786. The van der Waals surface area contributed by atoms with Gasteiger partial charge in [0.1, 0.15) is 11.4 Å². The molecule has 1 N–H and O–H groups in total. The van der Waals surface area contributed by atoms with Crippen LogP contribution in [0, 0.1) is 0 Å². The molecule has 12 heavy (non-hydrogen) atoms. The van der Waals surface area contributed by atoms with E-state index in [9.17, 15) is 4.79 Å². The van der Waals surface area contributed by atoms with Gasteiger partial charge < -0.3 is 9.84 Å². The zero-order valence-corrected chi connectivity index (χ0v) is 9.62. The number of aromatic carboxylic acids is 1. The molecule has 0 radical (unpaired) electrons. The van der Waals surface area contributed by atoms with E-state index in [1.165, 1.54) is 19.4 Å². The normalized spacial score (nSPS) is 8.42. The maximum atomic E-state index is 10.3. The Bertz CT molecular complexity index is 260. The Morgan fingerprint density at radius 3 is 2.58 bits per heavy atom. The third-order valence-electron chi connectivity index (χ3n) is 1.19. The fraction of sp³-hybridized carbons (Fsp3) is 0.143. The van der Waals surface area contributed by atoms with Crippen LogP contribution in [-0.2, 0) is 19.5 Å². The van der Waals surface area contributed by atoms with Crippen molar-refractivity contribution in [3.63, 3.8) is 0 Å². The third kappa shape index (κ3) is 2.59. The van der Waals surface area contributed by atoms with Gasteiger partial charge in [-0.05, 0) is 12.1 Å². The Balaban J connectivity index is 0.00000121. The van der Waals surface area contributed by atoms with E-state index >= 15 is 0 Å². The fourth-order valence-corrected chi connectivity index (χ4v) is 0.628. The number of carboxylic acid groups (broad SMARTS) is 1. The van der Waals surface area contributed by atoms with Crippen molar-refractivity contribution in [2.45, 2.75) is 0 Å². The molecule has 0 atom stereocenters. The van der Waals surface area contributed by atoms with E-state index in [2.05, 4.69) is 4.98 Å². The molecule has 0 aromatic carbocycles. The number of hydrogen-bond donors (Lipinski definition) is 1. The number of nitrogens with zero attached hydrogens (tertiary/aromatic N) is 1. The van der Waals surface area contributed by atoms with Gasteiger partial charge in [-0.25, -0.2) is 9.78 Å². The van der Waals surface area contributed by atoms with E-state index in [4.69, 9.17) is 9.84 Å². The summed E-state index contributed by atoms with van der Waals surface area (Å²) in [4.78, 5) is 13.9. The quantitative estimate of drug-likeness (QED) is 0.746. The molecule has 0 bridgehead atoms. The molecule has 5 heteroatoms. The summed E-state index contributed by atoms with van der Waals surface area (Å²) in [6.45, 7) is 0. The Hall–Kier alpha value is -0.957. The Morgan fingerprint density at radius 1 is 1.58 bits per heavy atom. The van der Waals surface area contributed by atoms with Gasteiger partial charge in [0.15, 0.2) is 0 Å². The van der Waals surface area contributed by atoms with E-state index in [0.29, 0.717) is 5.75 Å². The number of hydrogen-bond acceptors (Lipinski definition) is 3. The molecular weight excluding hydrogens is 211 g/mol. The summed E-state index contributed by atoms with van der Waals surface area (Å²) < 4.78 is 4.79. The average molecular weight is 219 g/mol. The second-order valence-electron chi connectivity index (χ2n) is 1.89. The second kappa shape index (κ2) is 4.83. The van der Waals surface area contributed by atoms with Crippen molar-refractivity contribution in [2.75, 3.05) is 7.11 Å². The molecule has 0 aliphatic carbocycles. The van der Waals surface area contributed by atoms with Crippen LogP contribution in [0.5, 0.6) is 5.75 Å². The number of aromatic nitrogens is 1. The number of pyridine rings is 1. The van der Waals surface area contributed by atoms with Crippen LogP contribution >= 0.6 is 0 Å². The molecule has 0 saturated heterocycles. The molecule has 0 unspecified atom stereocenters. The third-order valence-corrected chi connectivity index (χ3v) is 1.19. The first-order valence-corrected chi connectivity index (χ1v) is 2.97. The molecular formula is C7H7NO3Zn. The van der Waals surface area contributed by atoms with Crippen LogP contribution in [0.2, 0.25) is 0 Å². The van der Waals surface area contributed by atoms with Gasteiger partial charge in [0, 0.05) is 19.5 Å². The smallest absolute Gasteiger partial charge is 0.354 e. The summed E-state index contributed by atoms with van der Waals surface area (Å²) in [6, 6.07) is 2.94. The Morgan fingerprint density at radius 2 is 2.25 bits per heavy atom. The number of ether oxygens (including phenoxy) is 1. The summed E-state index contributed by atoms with van der Waals surface area (Å²) in [5.41, 5.74) is 0.0193. The molecule has 1 aromatic heterocycles. The Kier molecular flexibility index (Phi) is 4.44. The number of rotatable bonds is 2. The van der Waals surface area contributed by atoms with Crippen molar-refractivity contribution in [3.05, 3.63) is 24.0 Å². The molecule has 0 spiro atoms. The minimum absolute atomic E-state index is 0. The molecule has 0 aliphatic heterocycles. The van der Waals surface area contributed by atoms with Gasteiger partial charge in [0.25, 0.3) is 0 Å². The van der Waals surface area contributed by atoms with E-state index in [1.54, 1.807) is 6.07 Å². The molecule has 1 heterocycles. The summed E-state index contributed by atoms with van der Waals surface area (Å²) in [7, 11) is 1.50. The minimum Gasteiger partial charge on any atom is -0.495 e. The van der Waals surface area contributed by atoms with Gasteiger partial charge in [-0.15, -0.1) is 0 Å². The molecule has 1 aromatic rings. The number of methoxy groups -OCH3 is 1. The van der Waals surface area contributed by atoms with Crippen LogP contribution < -0.4 is 4.74 Å². The molecule has 60 valence electrons. The van der Waals surface area contributed by atoms with Crippen LogP contribution in [0.25, 0.3) is 0 Å². The van der Waals surface area contributed by atoms with Crippen LogP contribution in [-0.4, -0.2) is 23.2 Å². The van der Waals surface area contributed by atoms with Crippen LogP contribution in [0.1, 0.15) is 10.5 Å².